The Kier molecular flexibility index (Phi) is 2.91. The molecule has 0 bridgehead atoms. The third kappa shape index (κ3) is 2.42. The Morgan fingerprint density at radius 3 is 2.68 bits per heavy atom. The molecule has 3 aromatic rings. The van der Waals surface area contributed by atoms with E-state index >= 15 is 0 Å². The van der Waals surface area contributed by atoms with Gasteiger partial charge in [0.15, 0.2) is 10.7 Å². The molecule has 0 saturated carbocycles. The predicted octanol–water partition coefficient (Wildman–Crippen LogP) is 2.83. The number of fused-ring (bicyclic) bond motifs is 1. The highest BCUT2D eigenvalue weighted by Gasteiger charge is 2.11. The lowest BCUT2D eigenvalue weighted by Crippen LogP contribution is -2.05. The molecule has 0 unspecified atom stereocenters. The van der Waals surface area contributed by atoms with Gasteiger partial charge in [0.2, 0.25) is 0 Å². The molecule has 0 amide bonds. The van der Waals surface area contributed by atoms with E-state index in [9.17, 15) is 4.79 Å². The molecular formula is C14H13N3OS. The van der Waals surface area contributed by atoms with Crippen molar-refractivity contribution >= 4 is 22.1 Å². The molecule has 3 heterocycles. The first-order chi connectivity index (χ1) is 9.11. The largest absolute Gasteiger partial charge is 0.297 e. The molecule has 96 valence electrons. The Bertz CT molecular complexity index is 708. The molecule has 3 rings (SSSR count). The molecule has 0 aliphatic carbocycles. The average molecular weight is 271 g/mol. The number of nitrogens with zero attached hydrogens (tertiary/aromatic N) is 3. The third-order valence-electron chi connectivity index (χ3n) is 2.89. The van der Waals surface area contributed by atoms with Crippen molar-refractivity contribution in [3.05, 3.63) is 52.6 Å². The highest BCUT2D eigenvalue weighted by molar-refractivity contribution is 7.15. The van der Waals surface area contributed by atoms with Crippen LogP contribution in [0.1, 0.15) is 27.4 Å². The molecule has 4 nitrogen and oxygen atoms in total. The van der Waals surface area contributed by atoms with Crippen molar-refractivity contribution in [1.82, 2.24) is 14.4 Å². The number of imidazole rings is 1. The number of pyridine rings is 1. The van der Waals surface area contributed by atoms with E-state index in [4.69, 9.17) is 0 Å². The molecule has 0 aliphatic heterocycles. The normalized spacial score (nSPS) is 11.1. The van der Waals surface area contributed by atoms with Crippen molar-refractivity contribution in [3.8, 4) is 0 Å². The van der Waals surface area contributed by atoms with Crippen LogP contribution in [0.15, 0.2) is 29.9 Å². The first-order valence-electron chi connectivity index (χ1n) is 6.01. The Hall–Kier alpha value is -2.01. The first kappa shape index (κ1) is 12.0. The van der Waals surface area contributed by atoms with Crippen molar-refractivity contribution < 1.29 is 4.79 Å². The summed E-state index contributed by atoms with van der Waals surface area (Å²) in [5.74, 6) is 0.0827. The maximum Gasteiger partial charge on any atom is 0.193 e. The van der Waals surface area contributed by atoms with E-state index in [1.54, 1.807) is 11.3 Å². The molecule has 0 spiro atoms. The summed E-state index contributed by atoms with van der Waals surface area (Å²) < 4.78 is 1.94. The summed E-state index contributed by atoms with van der Waals surface area (Å²) in [6, 6.07) is 3.65. The van der Waals surface area contributed by atoms with Crippen molar-refractivity contribution in [2.24, 2.45) is 0 Å². The number of hydrogen-bond donors (Lipinski definition) is 0. The quantitative estimate of drug-likeness (QED) is 0.688. The van der Waals surface area contributed by atoms with Crippen LogP contribution < -0.4 is 0 Å². The van der Waals surface area contributed by atoms with Crippen molar-refractivity contribution in [2.75, 3.05) is 0 Å². The Labute approximate surface area is 114 Å². The van der Waals surface area contributed by atoms with E-state index in [0.29, 0.717) is 12.0 Å². The Morgan fingerprint density at radius 2 is 2.00 bits per heavy atom. The monoisotopic (exact) mass is 271 g/mol. The van der Waals surface area contributed by atoms with Crippen molar-refractivity contribution in [2.45, 2.75) is 20.3 Å². The second kappa shape index (κ2) is 4.59. The summed E-state index contributed by atoms with van der Waals surface area (Å²) in [7, 11) is 0. The van der Waals surface area contributed by atoms with Gasteiger partial charge in [-0.05, 0) is 26.0 Å². The van der Waals surface area contributed by atoms with Crippen molar-refractivity contribution in [3.63, 3.8) is 0 Å². The minimum Gasteiger partial charge on any atom is -0.297 e. The average Bonchev–Trinajstić information content (AvgIpc) is 2.88. The number of Topliss-reactive ketones (excluding diaryl/α,β-unsaturated/α-hetero) is 1. The number of carbonyl (C=O) groups excluding carboxylic acids is 1. The van der Waals surface area contributed by atoms with Crippen LogP contribution in [0.2, 0.25) is 0 Å². The lowest BCUT2D eigenvalue weighted by Gasteiger charge is -2.02. The van der Waals surface area contributed by atoms with Gasteiger partial charge in [0.1, 0.15) is 0 Å². The predicted molar refractivity (Wildman–Crippen MR) is 74.8 cm³/mol. The fraction of sp³-hybridized carbons (Fsp3) is 0.214. The minimum atomic E-state index is 0.0827. The third-order valence-corrected chi connectivity index (χ3v) is 3.66. The van der Waals surface area contributed by atoms with Gasteiger partial charge in [-0.2, -0.15) is 0 Å². The zero-order valence-electron chi connectivity index (χ0n) is 10.8. The van der Waals surface area contributed by atoms with Crippen LogP contribution in [-0.2, 0) is 6.42 Å². The zero-order chi connectivity index (χ0) is 13.4. The minimum absolute atomic E-state index is 0.0827. The number of rotatable bonds is 3. The van der Waals surface area contributed by atoms with Crippen LogP contribution in [0.4, 0.5) is 0 Å². The van der Waals surface area contributed by atoms with Crippen LogP contribution in [0.5, 0.6) is 0 Å². The summed E-state index contributed by atoms with van der Waals surface area (Å²) in [5.41, 5.74) is 3.26. The number of hydrogen-bond acceptors (Lipinski definition) is 4. The van der Waals surface area contributed by atoms with Crippen LogP contribution in [0, 0.1) is 13.8 Å². The number of aryl methyl sites for hydroxylation is 2. The summed E-state index contributed by atoms with van der Waals surface area (Å²) >= 11 is 1.57. The van der Waals surface area contributed by atoms with Gasteiger partial charge in [-0.25, -0.2) is 4.98 Å². The lowest BCUT2D eigenvalue weighted by molar-refractivity contribution is 0.0992. The van der Waals surface area contributed by atoms with Gasteiger partial charge in [0.05, 0.1) is 12.1 Å². The van der Waals surface area contributed by atoms with Crippen LogP contribution in [0.3, 0.4) is 0 Å². The van der Waals surface area contributed by atoms with Gasteiger partial charge in [0, 0.05) is 34.7 Å². The molecule has 0 atom stereocenters. The Morgan fingerprint density at radius 1 is 1.26 bits per heavy atom. The molecular weight excluding hydrogens is 258 g/mol. The molecule has 0 aromatic carbocycles. The van der Waals surface area contributed by atoms with Gasteiger partial charge in [-0.15, -0.1) is 11.3 Å². The molecule has 0 fully saturated rings. The highest BCUT2D eigenvalue weighted by atomic mass is 32.1. The maximum atomic E-state index is 12.2. The number of carbonyl (C=O) groups is 1. The lowest BCUT2D eigenvalue weighted by atomic mass is 10.1. The first-order valence-corrected chi connectivity index (χ1v) is 6.89. The van der Waals surface area contributed by atoms with Gasteiger partial charge in [-0.1, -0.05) is 0 Å². The standard InChI is InChI=1S/C14H13N3OS/c1-9-5-11(6-10(2)15-9)13(18)7-12-8-17-3-4-19-14(17)16-12/h3-6,8H,7H2,1-2H3. The summed E-state index contributed by atoms with van der Waals surface area (Å²) in [6.07, 6.45) is 4.18. The van der Waals surface area contributed by atoms with Crippen LogP contribution >= 0.6 is 11.3 Å². The molecule has 19 heavy (non-hydrogen) atoms. The second-order valence-corrected chi connectivity index (χ2v) is 5.44. The molecule has 0 aliphatic rings. The smallest absolute Gasteiger partial charge is 0.193 e. The maximum absolute atomic E-state index is 12.2. The van der Waals surface area contributed by atoms with E-state index in [1.165, 1.54) is 0 Å². The van der Waals surface area contributed by atoms with E-state index in [-0.39, 0.29) is 5.78 Å². The van der Waals surface area contributed by atoms with E-state index in [2.05, 4.69) is 9.97 Å². The van der Waals surface area contributed by atoms with E-state index < -0.39 is 0 Å². The van der Waals surface area contributed by atoms with Gasteiger partial charge >= 0.3 is 0 Å². The summed E-state index contributed by atoms with van der Waals surface area (Å²) in [6.45, 7) is 3.80. The molecule has 0 saturated heterocycles. The van der Waals surface area contributed by atoms with Crippen LogP contribution in [-0.4, -0.2) is 20.2 Å². The molecule has 5 heteroatoms. The molecule has 0 radical (unpaired) electrons. The van der Waals surface area contributed by atoms with Gasteiger partial charge in [0.25, 0.3) is 0 Å². The number of thiazole rings is 1. The van der Waals surface area contributed by atoms with E-state index in [1.807, 2.05) is 48.2 Å². The summed E-state index contributed by atoms with van der Waals surface area (Å²) in [4.78, 5) is 21.9. The van der Waals surface area contributed by atoms with Crippen LogP contribution in [0.25, 0.3) is 4.96 Å². The zero-order valence-corrected chi connectivity index (χ0v) is 11.6. The second-order valence-electron chi connectivity index (χ2n) is 4.56. The van der Waals surface area contributed by atoms with Crippen molar-refractivity contribution in [1.29, 1.82) is 0 Å². The Balaban J connectivity index is 1.86. The fourth-order valence-electron chi connectivity index (χ4n) is 2.12. The van der Waals surface area contributed by atoms with E-state index in [0.717, 1.165) is 22.0 Å². The van der Waals surface area contributed by atoms with Gasteiger partial charge < -0.3 is 0 Å². The SMILES string of the molecule is Cc1cc(C(=O)Cc2cn3ccsc3n2)cc(C)n1. The van der Waals surface area contributed by atoms with Gasteiger partial charge in [-0.3, -0.25) is 14.2 Å². The number of ketones is 1. The topological polar surface area (TPSA) is 47.3 Å². The highest BCUT2D eigenvalue weighted by Crippen LogP contribution is 2.14. The molecule has 0 N–H and O–H groups in total. The summed E-state index contributed by atoms with van der Waals surface area (Å²) in [5, 5.41) is 1.98. The fourth-order valence-corrected chi connectivity index (χ4v) is 2.84. The molecule has 3 aromatic heterocycles. The number of aromatic nitrogens is 3.